The van der Waals surface area contributed by atoms with Crippen molar-refractivity contribution in [2.45, 2.75) is 39.1 Å². The zero-order valence-corrected chi connectivity index (χ0v) is 17.2. The van der Waals surface area contributed by atoms with Crippen LogP contribution in [-0.2, 0) is 17.8 Å². The molecule has 1 fully saturated rings. The van der Waals surface area contributed by atoms with Gasteiger partial charge in [-0.05, 0) is 43.2 Å². The minimum absolute atomic E-state index is 0.101. The maximum atomic E-state index is 12.5. The van der Waals surface area contributed by atoms with E-state index in [1.54, 1.807) is 17.2 Å². The summed E-state index contributed by atoms with van der Waals surface area (Å²) in [6.45, 7) is 7.34. The van der Waals surface area contributed by atoms with E-state index in [1.165, 1.54) is 11.9 Å². The first-order chi connectivity index (χ1) is 14.6. The Balaban J connectivity index is 1.29. The van der Waals surface area contributed by atoms with Crippen LogP contribution in [-0.4, -0.2) is 55.9 Å². The molecule has 0 radical (unpaired) electrons. The lowest BCUT2D eigenvalue weighted by molar-refractivity contribution is -0.0704. The second-order valence-electron chi connectivity index (χ2n) is 7.70. The molecule has 0 aliphatic carbocycles. The first-order valence-electron chi connectivity index (χ1n) is 10.1. The zero-order chi connectivity index (χ0) is 20.9. The molecule has 1 saturated heterocycles. The Morgan fingerprint density at radius 1 is 1.10 bits per heavy atom. The summed E-state index contributed by atoms with van der Waals surface area (Å²) in [6, 6.07) is 11.6. The molecule has 2 aromatic heterocycles. The van der Waals surface area contributed by atoms with Crippen LogP contribution in [0, 0.1) is 0 Å². The van der Waals surface area contributed by atoms with Crippen LogP contribution in [0.3, 0.4) is 0 Å². The summed E-state index contributed by atoms with van der Waals surface area (Å²) in [5.41, 5.74) is 2.76. The van der Waals surface area contributed by atoms with Crippen LogP contribution < -0.4 is 5.32 Å². The van der Waals surface area contributed by atoms with Crippen LogP contribution in [0.2, 0.25) is 0 Å². The Kier molecular flexibility index (Phi) is 6.15. The molecule has 8 heteroatoms. The Hall–Kier alpha value is -3.10. The van der Waals surface area contributed by atoms with E-state index in [-0.39, 0.29) is 18.1 Å². The smallest absolute Gasteiger partial charge is 0.251 e. The van der Waals surface area contributed by atoms with E-state index in [4.69, 9.17) is 4.74 Å². The lowest BCUT2D eigenvalue weighted by atomic mass is 10.1. The minimum Gasteiger partial charge on any atom is -0.373 e. The predicted octanol–water partition coefficient (Wildman–Crippen LogP) is 2.20. The molecule has 4 rings (SSSR count). The van der Waals surface area contributed by atoms with Crippen molar-refractivity contribution in [3.8, 4) is 5.82 Å². The molecule has 0 saturated carbocycles. The average Bonchev–Trinajstić information content (AvgIpc) is 3.27. The number of carbonyl (C=O) groups is 1. The summed E-state index contributed by atoms with van der Waals surface area (Å²) in [7, 11) is 0. The number of ether oxygens (including phenoxy) is 1. The quantitative estimate of drug-likeness (QED) is 0.676. The van der Waals surface area contributed by atoms with Crippen LogP contribution in [0.25, 0.3) is 5.82 Å². The normalized spacial score (nSPS) is 19.5. The fraction of sp³-hybridized carbons (Fsp3) is 0.364. The van der Waals surface area contributed by atoms with Gasteiger partial charge < -0.3 is 10.1 Å². The molecule has 2 unspecified atom stereocenters. The van der Waals surface area contributed by atoms with Crippen LogP contribution in [0.15, 0.2) is 55.2 Å². The van der Waals surface area contributed by atoms with Gasteiger partial charge in [0.1, 0.15) is 12.7 Å². The van der Waals surface area contributed by atoms with Gasteiger partial charge in [0.05, 0.1) is 12.2 Å². The first kappa shape index (κ1) is 20.2. The van der Waals surface area contributed by atoms with Gasteiger partial charge in [-0.2, -0.15) is 5.10 Å². The maximum absolute atomic E-state index is 12.5. The Morgan fingerprint density at radius 3 is 2.47 bits per heavy atom. The molecule has 0 bridgehead atoms. The summed E-state index contributed by atoms with van der Waals surface area (Å²) in [5.74, 6) is 0.581. The fourth-order valence-corrected chi connectivity index (χ4v) is 3.70. The van der Waals surface area contributed by atoms with E-state index >= 15 is 0 Å². The third-order valence-corrected chi connectivity index (χ3v) is 5.03. The molecule has 1 aromatic carbocycles. The van der Waals surface area contributed by atoms with Crippen LogP contribution in [0.4, 0.5) is 0 Å². The third-order valence-electron chi connectivity index (χ3n) is 5.03. The van der Waals surface area contributed by atoms with Crippen molar-refractivity contribution in [2.24, 2.45) is 0 Å². The summed E-state index contributed by atoms with van der Waals surface area (Å²) >= 11 is 0. The number of carbonyl (C=O) groups excluding carboxylic acids is 1. The highest BCUT2D eigenvalue weighted by molar-refractivity contribution is 5.94. The van der Waals surface area contributed by atoms with Crippen molar-refractivity contribution in [3.05, 3.63) is 71.9 Å². The second-order valence-corrected chi connectivity index (χ2v) is 7.70. The van der Waals surface area contributed by atoms with Crippen LogP contribution in [0.1, 0.15) is 35.3 Å². The molecule has 8 nitrogen and oxygen atoms in total. The van der Waals surface area contributed by atoms with Gasteiger partial charge in [0, 0.05) is 37.9 Å². The molecule has 1 aliphatic rings. The van der Waals surface area contributed by atoms with Gasteiger partial charge in [0.25, 0.3) is 5.91 Å². The number of hydrogen-bond acceptors (Lipinski definition) is 6. The number of amides is 1. The molecule has 1 N–H and O–H groups in total. The largest absolute Gasteiger partial charge is 0.373 e. The highest BCUT2D eigenvalue weighted by Crippen LogP contribution is 2.15. The van der Waals surface area contributed by atoms with E-state index in [9.17, 15) is 4.79 Å². The Morgan fingerprint density at radius 2 is 1.83 bits per heavy atom. The molecule has 30 heavy (non-hydrogen) atoms. The molecular weight excluding hydrogens is 380 g/mol. The Labute approximate surface area is 175 Å². The lowest BCUT2D eigenvalue weighted by Gasteiger charge is -2.35. The molecule has 3 aromatic rings. The standard InChI is InChI=1S/C22H26N6O2/c1-16-11-27(12-17(2)30-16)13-18-3-6-20(7-4-18)22(29)25-10-19-5-8-21(24-9-19)28-15-23-14-26-28/h3-9,14-17H,10-13H2,1-2H3,(H,25,29). The van der Waals surface area contributed by atoms with E-state index in [0.717, 1.165) is 25.2 Å². The summed E-state index contributed by atoms with van der Waals surface area (Å²) in [6.07, 6.45) is 5.28. The predicted molar refractivity (Wildman–Crippen MR) is 112 cm³/mol. The Bertz CT molecular complexity index is 946. The summed E-state index contributed by atoms with van der Waals surface area (Å²) in [4.78, 5) is 23.1. The van der Waals surface area contributed by atoms with Gasteiger partial charge in [-0.25, -0.2) is 14.6 Å². The topological polar surface area (TPSA) is 85.2 Å². The molecule has 2 atom stereocenters. The van der Waals surface area contributed by atoms with E-state index in [0.29, 0.717) is 17.9 Å². The van der Waals surface area contributed by atoms with Gasteiger partial charge in [0.2, 0.25) is 0 Å². The number of pyridine rings is 1. The third kappa shape index (κ3) is 5.08. The zero-order valence-electron chi connectivity index (χ0n) is 17.2. The van der Waals surface area contributed by atoms with Crippen molar-refractivity contribution < 1.29 is 9.53 Å². The highest BCUT2D eigenvalue weighted by Gasteiger charge is 2.22. The monoisotopic (exact) mass is 406 g/mol. The van der Waals surface area contributed by atoms with Gasteiger partial charge in [0.15, 0.2) is 5.82 Å². The van der Waals surface area contributed by atoms with E-state index < -0.39 is 0 Å². The number of benzene rings is 1. The molecule has 3 heterocycles. The number of morpholine rings is 1. The van der Waals surface area contributed by atoms with Gasteiger partial charge in [-0.3, -0.25) is 9.69 Å². The van der Waals surface area contributed by atoms with Crippen molar-refractivity contribution >= 4 is 5.91 Å². The number of aromatic nitrogens is 4. The molecule has 1 amide bonds. The van der Waals surface area contributed by atoms with E-state index in [1.807, 2.05) is 36.4 Å². The lowest BCUT2D eigenvalue weighted by Crippen LogP contribution is -2.44. The van der Waals surface area contributed by atoms with Crippen molar-refractivity contribution in [1.29, 1.82) is 0 Å². The number of hydrogen-bond donors (Lipinski definition) is 1. The number of rotatable bonds is 6. The van der Waals surface area contributed by atoms with E-state index in [2.05, 4.69) is 39.1 Å². The molecule has 0 spiro atoms. The fourth-order valence-electron chi connectivity index (χ4n) is 3.70. The van der Waals surface area contributed by atoms with Crippen LogP contribution in [0.5, 0.6) is 0 Å². The molecule has 1 aliphatic heterocycles. The average molecular weight is 406 g/mol. The van der Waals surface area contributed by atoms with Gasteiger partial charge in [-0.1, -0.05) is 18.2 Å². The number of nitrogens with one attached hydrogen (secondary N) is 1. The SMILES string of the molecule is CC1CN(Cc2ccc(C(=O)NCc3ccc(-n4cncn4)nc3)cc2)CC(C)O1. The highest BCUT2D eigenvalue weighted by atomic mass is 16.5. The second kappa shape index (κ2) is 9.15. The summed E-state index contributed by atoms with van der Waals surface area (Å²) in [5, 5.41) is 6.99. The van der Waals surface area contributed by atoms with Crippen molar-refractivity contribution in [2.75, 3.05) is 13.1 Å². The summed E-state index contributed by atoms with van der Waals surface area (Å²) < 4.78 is 7.37. The minimum atomic E-state index is -0.101. The van der Waals surface area contributed by atoms with Gasteiger partial charge in [-0.15, -0.1) is 0 Å². The molecule has 156 valence electrons. The van der Waals surface area contributed by atoms with Crippen molar-refractivity contribution in [1.82, 2.24) is 30.0 Å². The molecular formula is C22H26N6O2. The van der Waals surface area contributed by atoms with Crippen molar-refractivity contribution in [3.63, 3.8) is 0 Å². The van der Waals surface area contributed by atoms with Gasteiger partial charge >= 0.3 is 0 Å². The number of nitrogens with zero attached hydrogens (tertiary/aromatic N) is 5. The van der Waals surface area contributed by atoms with Crippen LogP contribution >= 0.6 is 0 Å². The first-order valence-corrected chi connectivity index (χ1v) is 10.1. The maximum Gasteiger partial charge on any atom is 0.251 e.